The molecule has 20 heavy (non-hydrogen) atoms. The van der Waals surface area contributed by atoms with Crippen LogP contribution in [0, 0.1) is 0 Å². The predicted molar refractivity (Wildman–Crippen MR) is 92.3 cm³/mol. The number of allylic oxidation sites excluding steroid dienone is 9. The number of aliphatic imine (C=N–C) groups is 1. The molecule has 0 rings (SSSR count). The van der Waals surface area contributed by atoms with Crippen molar-refractivity contribution in [3.05, 3.63) is 58.4 Å². The van der Waals surface area contributed by atoms with E-state index in [1.54, 1.807) is 13.3 Å². The Morgan fingerprint density at radius 3 is 2.10 bits per heavy atom. The van der Waals surface area contributed by atoms with Crippen LogP contribution in [-0.4, -0.2) is 20.3 Å². The van der Waals surface area contributed by atoms with E-state index in [9.17, 15) is 0 Å². The summed E-state index contributed by atoms with van der Waals surface area (Å²) in [6, 6.07) is 0. The van der Waals surface area contributed by atoms with Gasteiger partial charge in [-0.05, 0) is 80.8 Å². The first-order valence-electron chi connectivity index (χ1n) is 6.90. The standard InChI is InChI=1S/C18H28N2/c1-14(10-8-12-19-6)16(3)18(5)17(4)15(2)11-9-13-20-7/h8-13,19H,1-7H3/b11-9?,12-8?,14-10?,17-15+,18-16+,20-13?. The van der Waals surface area contributed by atoms with E-state index in [0.717, 1.165) is 0 Å². The molecule has 0 spiro atoms. The second-order valence-electron chi connectivity index (χ2n) is 4.82. The molecule has 0 aromatic carbocycles. The second kappa shape index (κ2) is 10.0. The molecule has 0 aromatic rings. The Bertz CT molecular complexity index is 484. The largest absolute Gasteiger partial charge is 0.394 e. The van der Waals surface area contributed by atoms with Crippen molar-refractivity contribution in [3.8, 4) is 0 Å². The van der Waals surface area contributed by atoms with Crippen molar-refractivity contribution in [3.63, 3.8) is 0 Å². The van der Waals surface area contributed by atoms with Crippen LogP contribution in [0.5, 0.6) is 0 Å². The van der Waals surface area contributed by atoms with E-state index >= 15 is 0 Å². The van der Waals surface area contributed by atoms with E-state index in [2.05, 4.69) is 57.1 Å². The minimum atomic E-state index is 1.26. The molecule has 0 aliphatic carbocycles. The molecule has 0 unspecified atom stereocenters. The number of rotatable bonds is 6. The van der Waals surface area contributed by atoms with Gasteiger partial charge >= 0.3 is 0 Å². The molecule has 0 fully saturated rings. The summed E-state index contributed by atoms with van der Waals surface area (Å²) in [5.74, 6) is 0. The zero-order valence-electron chi connectivity index (χ0n) is 13.9. The normalized spacial score (nSPS) is 16.1. The summed E-state index contributed by atoms with van der Waals surface area (Å²) < 4.78 is 0. The SMILES string of the molecule is CN=CC=C/C(C)=C(C)/C(C)=C(\C)C(C)=CC=CNC. The van der Waals surface area contributed by atoms with Crippen LogP contribution in [0.2, 0.25) is 0 Å². The molecular formula is C18H28N2. The van der Waals surface area contributed by atoms with E-state index in [0.29, 0.717) is 0 Å². The van der Waals surface area contributed by atoms with Crippen molar-refractivity contribution in [2.45, 2.75) is 34.6 Å². The quantitative estimate of drug-likeness (QED) is 0.555. The molecule has 0 amide bonds. The van der Waals surface area contributed by atoms with Gasteiger partial charge in [-0.3, -0.25) is 4.99 Å². The molecule has 1 N–H and O–H groups in total. The van der Waals surface area contributed by atoms with Gasteiger partial charge in [-0.1, -0.05) is 12.2 Å². The monoisotopic (exact) mass is 272 g/mol. The minimum absolute atomic E-state index is 1.26. The van der Waals surface area contributed by atoms with Crippen LogP contribution in [-0.2, 0) is 0 Å². The molecule has 0 aliphatic rings. The number of hydrogen-bond acceptors (Lipinski definition) is 2. The van der Waals surface area contributed by atoms with Crippen LogP contribution >= 0.6 is 0 Å². The molecule has 2 nitrogen and oxygen atoms in total. The average molecular weight is 272 g/mol. The Hall–Kier alpha value is -1.83. The van der Waals surface area contributed by atoms with Gasteiger partial charge in [0.1, 0.15) is 0 Å². The molecule has 0 bridgehead atoms. The van der Waals surface area contributed by atoms with Gasteiger partial charge in [0.05, 0.1) is 0 Å². The van der Waals surface area contributed by atoms with Crippen LogP contribution in [0.3, 0.4) is 0 Å². The lowest BCUT2D eigenvalue weighted by Gasteiger charge is -2.11. The fourth-order valence-electron chi connectivity index (χ4n) is 1.68. The minimum Gasteiger partial charge on any atom is -0.394 e. The zero-order chi connectivity index (χ0) is 15.5. The van der Waals surface area contributed by atoms with E-state index in [4.69, 9.17) is 0 Å². The van der Waals surface area contributed by atoms with E-state index in [-0.39, 0.29) is 0 Å². The topological polar surface area (TPSA) is 24.4 Å². The maximum absolute atomic E-state index is 3.95. The van der Waals surface area contributed by atoms with Gasteiger partial charge in [0.15, 0.2) is 0 Å². The lowest BCUT2D eigenvalue weighted by molar-refractivity contribution is 1.10. The highest BCUT2D eigenvalue weighted by atomic mass is 14.8. The molecular weight excluding hydrogens is 244 g/mol. The maximum Gasteiger partial charge on any atom is 0.0277 e. The van der Waals surface area contributed by atoms with Gasteiger partial charge in [0.25, 0.3) is 0 Å². The molecule has 0 aromatic heterocycles. The van der Waals surface area contributed by atoms with Crippen LogP contribution in [0.4, 0.5) is 0 Å². The lowest BCUT2D eigenvalue weighted by Crippen LogP contribution is -1.92. The number of nitrogens with zero attached hydrogens (tertiary/aromatic N) is 1. The van der Waals surface area contributed by atoms with Gasteiger partial charge < -0.3 is 5.32 Å². The first kappa shape index (κ1) is 18.2. The highest BCUT2D eigenvalue weighted by Gasteiger charge is 2.03. The average Bonchev–Trinajstić information content (AvgIpc) is 2.45. The summed E-state index contributed by atoms with van der Waals surface area (Å²) in [5.41, 5.74) is 6.50. The Kier molecular flexibility index (Phi) is 9.10. The Labute approximate surface area is 124 Å². The summed E-state index contributed by atoms with van der Waals surface area (Å²) in [4.78, 5) is 3.95. The van der Waals surface area contributed by atoms with Gasteiger partial charge in [-0.15, -0.1) is 0 Å². The van der Waals surface area contributed by atoms with Crippen molar-refractivity contribution in [1.82, 2.24) is 5.32 Å². The Balaban J connectivity index is 5.32. The summed E-state index contributed by atoms with van der Waals surface area (Å²) in [5, 5.41) is 2.99. The molecule has 0 saturated heterocycles. The third kappa shape index (κ3) is 6.37. The van der Waals surface area contributed by atoms with Gasteiger partial charge in [0.2, 0.25) is 0 Å². The van der Waals surface area contributed by atoms with Gasteiger partial charge in [0, 0.05) is 20.3 Å². The predicted octanol–water partition coefficient (Wildman–Crippen LogP) is 4.60. The summed E-state index contributed by atoms with van der Waals surface area (Å²) in [6.07, 6.45) is 11.9. The maximum atomic E-state index is 3.95. The molecule has 110 valence electrons. The third-order valence-corrected chi connectivity index (χ3v) is 3.50. The van der Waals surface area contributed by atoms with E-state index in [1.807, 2.05) is 25.4 Å². The van der Waals surface area contributed by atoms with Crippen LogP contribution in [0.15, 0.2) is 63.4 Å². The molecule has 0 heterocycles. The molecule has 0 radical (unpaired) electrons. The van der Waals surface area contributed by atoms with Crippen molar-refractivity contribution in [1.29, 1.82) is 0 Å². The summed E-state index contributed by atoms with van der Waals surface area (Å²) in [6.45, 7) is 10.8. The fraction of sp³-hybridized carbons (Fsp3) is 0.389. The molecule has 0 saturated carbocycles. The van der Waals surface area contributed by atoms with Gasteiger partial charge in [-0.25, -0.2) is 0 Å². The first-order valence-corrected chi connectivity index (χ1v) is 6.90. The smallest absolute Gasteiger partial charge is 0.0277 e. The lowest BCUT2D eigenvalue weighted by atomic mass is 9.95. The highest BCUT2D eigenvalue weighted by molar-refractivity contribution is 5.71. The number of hydrogen-bond donors (Lipinski definition) is 1. The second-order valence-corrected chi connectivity index (χ2v) is 4.82. The summed E-state index contributed by atoms with van der Waals surface area (Å²) >= 11 is 0. The van der Waals surface area contributed by atoms with Crippen molar-refractivity contribution >= 4 is 6.21 Å². The van der Waals surface area contributed by atoms with Gasteiger partial charge in [-0.2, -0.15) is 0 Å². The molecule has 2 heteroatoms. The van der Waals surface area contributed by atoms with Crippen LogP contribution in [0.1, 0.15) is 34.6 Å². The van der Waals surface area contributed by atoms with Crippen LogP contribution < -0.4 is 5.32 Å². The Morgan fingerprint density at radius 2 is 1.55 bits per heavy atom. The molecule has 0 aliphatic heterocycles. The first-order chi connectivity index (χ1) is 9.45. The summed E-state index contributed by atoms with van der Waals surface area (Å²) in [7, 11) is 3.67. The molecule has 0 atom stereocenters. The number of nitrogens with one attached hydrogen (secondary N) is 1. The highest BCUT2D eigenvalue weighted by Crippen LogP contribution is 2.22. The van der Waals surface area contributed by atoms with Crippen molar-refractivity contribution < 1.29 is 0 Å². The van der Waals surface area contributed by atoms with Crippen molar-refractivity contribution in [2.75, 3.05) is 14.1 Å². The Morgan fingerprint density at radius 1 is 0.900 bits per heavy atom. The van der Waals surface area contributed by atoms with Crippen LogP contribution in [0.25, 0.3) is 0 Å². The van der Waals surface area contributed by atoms with E-state index < -0.39 is 0 Å². The van der Waals surface area contributed by atoms with Crippen molar-refractivity contribution in [2.24, 2.45) is 4.99 Å². The third-order valence-electron chi connectivity index (χ3n) is 3.50. The fourth-order valence-corrected chi connectivity index (χ4v) is 1.68. The van der Waals surface area contributed by atoms with E-state index in [1.165, 1.54) is 27.9 Å². The zero-order valence-corrected chi connectivity index (χ0v) is 13.9.